The number of aryl methyl sites for hydroxylation is 1. The standard InChI is InChI=1S/C14H20N4/c1-3-4-9-15-10-13-14(17-18-16-13)12-8-6-5-7-11(12)2/h5-8,15H,3-4,9-10H2,1-2H3,(H,16,17,18). The molecule has 0 aliphatic carbocycles. The number of hydrogen-bond acceptors (Lipinski definition) is 3. The van der Waals surface area contributed by atoms with Crippen LogP contribution in [0.2, 0.25) is 0 Å². The van der Waals surface area contributed by atoms with Gasteiger partial charge in [-0.2, -0.15) is 15.4 Å². The van der Waals surface area contributed by atoms with E-state index in [2.05, 4.69) is 46.7 Å². The topological polar surface area (TPSA) is 53.6 Å². The molecule has 0 saturated heterocycles. The fraction of sp³-hybridized carbons (Fsp3) is 0.429. The minimum Gasteiger partial charge on any atom is -0.311 e. The molecular weight excluding hydrogens is 224 g/mol. The third-order valence-electron chi connectivity index (χ3n) is 3.02. The fourth-order valence-corrected chi connectivity index (χ4v) is 1.94. The zero-order valence-electron chi connectivity index (χ0n) is 11.0. The van der Waals surface area contributed by atoms with E-state index in [4.69, 9.17) is 0 Å². The predicted octanol–water partition coefficient (Wildman–Crippen LogP) is 2.67. The largest absolute Gasteiger partial charge is 0.311 e. The number of H-pyrrole nitrogens is 1. The Labute approximate surface area is 108 Å². The van der Waals surface area contributed by atoms with E-state index in [-0.39, 0.29) is 0 Å². The molecule has 1 aromatic heterocycles. The summed E-state index contributed by atoms with van der Waals surface area (Å²) in [5, 5.41) is 14.6. The van der Waals surface area contributed by atoms with Gasteiger partial charge in [-0.3, -0.25) is 0 Å². The molecule has 2 rings (SSSR count). The number of aromatic nitrogens is 3. The number of aromatic amines is 1. The fourth-order valence-electron chi connectivity index (χ4n) is 1.94. The van der Waals surface area contributed by atoms with Crippen molar-refractivity contribution in [1.82, 2.24) is 20.7 Å². The van der Waals surface area contributed by atoms with Gasteiger partial charge in [-0.15, -0.1) is 0 Å². The molecule has 2 N–H and O–H groups in total. The molecule has 0 fully saturated rings. The molecule has 1 heterocycles. The van der Waals surface area contributed by atoms with Crippen LogP contribution < -0.4 is 5.32 Å². The lowest BCUT2D eigenvalue weighted by molar-refractivity contribution is 0.632. The van der Waals surface area contributed by atoms with Gasteiger partial charge in [0.25, 0.3) is 0 Å². The Balaban J connectivity index is 2.10. The minimum absolute atomic E-state index is 0.764. The molecule has 4 heteroatoms. The maximum atomic E-state index is 4.27. The maximum absolute atomic E-state index is 4.27. The summed E-state index contributed by atoms with van der Waals surface area (Å²) in [6.07, 6.45) is 2.40. The Bertz CT molecular complexity index is 490. The van der Waals surface area contributed by atoms with E-state index in [9.17, 15) is 0 Å². The minimum atomic E-state index is 0.764. The smallest absolute Gasteiger partial charge is 0.117 e. The number of nitrogens with one attached hydrogen (secondary N) is 2. The quantitative estimate of drug-likeness (QED) is 0.768. The third-order valence-corrected chi connectivity index (χ3v) is 3.02. The molecule has 18 heavy (non-hydrogen) atoms. The van der Waals surface area contributed by atoms with Gasteiger partial charge in [-0.05, 0) is 25.5 Å². The molecule has 0 atom stereocenters. The van der Waals surface area contributed by atoms with E-state index in [1.165, 1.54) is 18.4 Å². The molecule has 96 valence electrons. The summed E-state index contributed by atoms with van der Waals surface area (Å²) < 4.78 is 0. The first-order valence-electron chi connectivity index (χ1n) is 6.49. The molecule has 2 aromatic rings. The van der Waals surface area contributed by atoms with E-state index in [1.54, 1.807) is 0 Å². The predicted molar refractivity (Wildman–Crippen MR) is 73.2 cm³/mol. The van der Waals surface area contributed by atoms with E-state index >= 15 is 0 Å². The van der Waals surface area contributed by atoms with Crippen LogP contribution in [0.3, 0.4) is 0 Å². The summed E-state index contributed by atoms with van der Waals surface area (Å²) >= 11 is 0. The second-order valence-electron chi connectivity index (χ2n) is 4.46. The van der Waals surface area contributed by atoms with Gasteiger partial charge in [0, 0.05) is 12.1 Å². The highest BCUT2D eigenvalue weighted by Gasteiger charge is 2.11. The Kier molecular flexibility index (Phi) is 4.47. The van der Waals surface area contributed by atoms with Crippen molar-refractivity contribution in [3.63, 3.8) is 0 Å². The van der Waals surface area contributed by atoms with Crippen molar-refractivity contribution in [1.29, 1.82) is 0 Å². The maximum Gasteiger partial charge on any atom is 0.117 e. The van der Waals surface area contributed by atoms with Crippen LogP contribution in [0.25, 0.3) is 11.3 Å². The molecule has 1 aromatic carbocycles. The zero-order chi connectivity index (χ0) is 12.8. The third kappa shape index (κ3) is 2.96. The van der Waals surface area contributed by atoms with Crippen LogP contribution in [0, 0.1) is 6.92 Å². The second kappa shape index (κ2) is 6.31. The first-order chi connectivity index (χ1) is 8.83. The lowest BCUT2D eigenvalue weighted by atomic mass is 10.0. The first-order valence-corrected chi connectivity index (χ1v) is 6.49. The Morgan fingerprint density at radius 1 is 1.22 bits per heavy atom. The van der Waals surface area contributed by atoms with Crippen molar-refractivity contribution in [2.75, 3.05) is 6.54 Å². The monoisotopic (exact) mass is 244 g/mol. The average Bonchev–Trinajstić information content (AvgIpc) is 2.83. The summed E-state index contributed by atoms with van der Waals surface area (Å²) in [4.78, 5) is 0. The van der Waals surface area contributed by atoms with Crippen LogP contribution >= 0.6 is 0 Å². The molecule has 0 aliphatic heterocycles. The highest BCUT2D eigenvalue weighted by molar-refractivity contribution is 5.64. The number of benzene rings is 1. The van der Waals surface area contributed by atoms with Gasteiger partial charge in [0.15, 0.2) is 0 Å². The van der Waals surface area contributed by atoms with Crippen molar-refractivity contribution < 1.29 is 0 Å². The molecular formula is C14H20N4. The van der Waals surface area contributed by atoms with Gasteiger partial charge in [0.2, 0.25) is 0 Å². The first kappa shape index (κ1) is 12.8. The van der Waals surface area contributed by atoms with Crippen molar-refractivity contribution in [2.24, 2.45) is 0 Å². The van der Waals surface area contributed by atoms with Gasteiger partial charge in [0.1, 0.15) is 11.4 Å². The van der Waals surface area contributed by atoms with E-state index < -0.39 is 0 Å². The van der Waals surface area contributed by atoms with Crippen LogP contribution in [0.4, 0.5) is 0 Å². The van der Waals surface area contributed by atoms with Crippen molar-refractivity contribution in [2.45, 2.75) is 33.2 Å². The average molecular weight is 244 g/mol. The summed E-state index contributed by atoms with van der Waals surface area (Å²) in [7, 11) is 0. The van der Waals surface area contributed by atoms with Gasteiger partial charge < -0.3 is 5.32 Å². The normalized spacial score (nSPS) is 10.8. The van der Waals surface area contributed by atoms with Gasteiger partial charge in [0.05, 0.1) is 0 Å². The molecule has 0 aliphatic rings. The van der Waals surface area contributed by atoms with Crippen molar-refractivity contribution in [3.05, 3.63) is 35.5 Å². The lowest BCUT2D eigenvalue weighted by Crippen LogP contribution is -2.15. The van der Waals surface area contributed by atoms with Crippen LogP contribution in [0.15, 0.2) is 24.3 Å². The van der Waals surface area contributed by atoms with E-state index in [1.807, 2.05) is 12.1 Å². The highest BCUT2D eigenvalue weighted by Crippen LogP contribution is 2.22. The Morgan fingerprint density at radius 3 is 2.83 bits per heavy atom. The summed E-state index contributed by atoms with van der Waals surface area (Å²) in [5.74, 6) is 0. The Morgan fingerprint density at radius 2 is 2.06 bits per heavy atom. The van der Waals surface area contributed by atoms with Gasteiger partial charge in [-0.1, -0.05) is 37.6 Å². The van der Waals surface area contributed by atoms with Gasteiger partial charge in [-0.25, -0.2) is 0 Å². The number of rotatable bonds is 6. The van der Waals surface area contributed by atoms with Crippen LogP contribution in [0.1, 0.15) is 31.0 Å². The van der Waals surface area contributed by atoms with E-state index in [0.29, 0.717) is 0 Å². The molecule has 0 unspecified atom stereocenters. The highest BCUT2D eigenvalue weighted by atomic mass is 15.3. The van der Waals surface area contributed by atoms with Crippen LogP contribution in [-0.2, 0) is 6.54 Å². The molecule has 0 spiro atoms. The van der Waals surface area contributed by atoms with Crippen LogP contribution in [-0.4, -0.2) is 22.0 Å². The second-order valence-corrected chi connectivity index (χ2v) is 4.46. The lowest BCUT2D eigenvalue weighted by Gasteiger charge is -2.05. The molecule has 0 saturated carbocycles. The van der Waals surface area contributed by atoms with E-state index in [0.717, 1.165) is 30.0 Å². The molecule has 0 bridgehead atoms. The molecule has 4 nitrogen and oxygen atoms in total. The molecule has 0 radical (unpaired) electrons. The van der Waals surface area contributed by atoms with Crippen LogP contribution in [0.5, 0.6) is 0 Å². The number of nitrogens with zero attached hydrogens (tertiary/aromatic N) is 2. The summed E-state index contributed by atoms with van der Waals surface area (Å²) in [6.45, 7) is 6.07. The van der Waals surface area contributed by atoms with Crippen molar-refractivity contribution >= 4 is 0 Å². The SMILES string of the molecule is CCCCNCc1n[nH]nc1-c1ccccc1C. The summed E-state index contributed by atoms with van der Waals surface area (Å²) in [6, 6.07) is 8.25. The molecule has 0 amide bonds. The number of unbranched alkanes of at least 4 members (excludes halogenated alkanes) is 1. The number of hydrogen-bond donors (Lipinski definition) is 2. The summed E-state index contributed by atoms with van der Waals surface area (Å²) in [5.41, 5.74) is 4.32. The zero-order valence-corrected chi connectivity index (χ0v) is 11.0. The van der Waals surface area contributed by atoms with Crippen molar-refractivity contribution in [3.8, 4) is 11.3 Å². The Hall–Kier alpha value is -1.68. The van der Waals surface area contributed by atoms with Gasteiger partial charge >= 0.3 is 0 Å².